The fourth-order valence-electron chi connectivity index (χ4n) is 2.40. The molecule has 112 valence electrons. The number of fused-ring (bicyclic) bond motifs is 2. The summed E-state index contributed by atoms with van der Waals surface area (Å²) >= 11 is 11.8. The molecule has 0 N–H and O–H groups in total. The van der Waals surface area contributed by atoms with Crippen molar-refractivity contribution in [1.82, 2.24) is 4.98 Å². The van der Waals surface area contributed by atoms with Crippen molar-refractivity contribution in [2.24, 2.45) is 0 Å². The average Bonchev–Trinajstić information content (AvgIpc) is 2.45. The van der Waals surface area contributed by atoms with Crippen molar-refractivity contribution >= 4 is 46.9 Å². The lowest BCUT2D eigenvalue weighted by molar-refractivity contribution is -0.116. The SMILES string of the molecule is CC(=O)N1Cc2cc(F)c(Cl)nc2/C=C\c2cc(Cl)ccc21. The van der Waals surface area contributed by atoms with Gasteiger partial charge in [-0.2, -0.15) is 0 Å². The number of benzene rings is 1. The maximum absolute atomic E-state index is 13.7. The number of pyridine rings is 1. The standard InChI is InChI=1S/C16H11Cl2FN2O/c1-9(22)21-8-11-7-13(19)16(18)20-14(11)4-2-10-6-12(17)3-5-15(10)21/h2-7H,8H2,1H3/b4-2-. The van der Waals surface area contributed by atoms with Crippen LogP contribution in [0.4, 0.5) is 10.1 Å². The van der Waals surface area contributed by atoms with Crippen LogP contribution in [0.15, 0.2) is 24.3 Å². The Kier molecular flexibility index (Phi) is 3.89. The molecule has 2 heterocycles. The molecule has 1 aliphatic heterocycles. The van der Waals surface area contributed by atoms with Gasteiger partial charge in [0.25, 0.3) is 0 Å². The highest BCUT2D eigenvalue weighted by Gasteiger charge is 2.20. The second-order valence-corrected chi connectivity index (χ2v) is 5.74. The first-order valence-corrected chi connectivity index (χ1v) is 7.32. The van der Waals surface area contributed by atoms with Gasteiger partial charge in [0, 0.05) is 17.5 Å². The molecule has 0 saturated heterocycles. The molecule has 1 aromatic heterocycles. The molecule has 2 aromatic rings. The van der Waals surface area contributed by atoms with Gasteiger partial charge in [-0.15, -0.1) is 0 Å². The highest BCUT2D eigenvalue weighted by Crippen LogP contribution is 2.31. The minimum atomic E-state index is -0.603. The van der Waals surface area contributed by atoms with Crippen LogP contribution < -0.4 is 4.90 Å². The Labute approximate surface area is 137 Å². The zero-order valence-electron chi connectivity index (χ0n) is 11.6. The molecule has 0 atom stereocenters. The first-order valence-electron chi connectivity index (χ1n) is 6.56. The van der Waals surface area contributed by atoms with Crippen molar-refractivity contribution in [2.75, 3.05) is 4.90 Å². The molecule has 0 unspecified atom stereocenters. The van der Waals surface area contributed by atoms with Gasteiger partial charge < -0.3 is 4.90 Å². The Balaban J connectivity index is 2.22. The van der Waals surface area contributed by atoms with E-state index >= 15 is 0 Å². The van der Waals surface area contributed by atoms with Crippen LogP contribution in [0.2, 0.25) is 10.2 Å². The van der Waals surface area contributed by atoms with Crippen molar-refractivity contribution in [3.63, 3.8) is 0 Å². The van der Waals surface area contributed by atoms with Crippen molar-refractivity contribution in [2.45, 2.75) is 13.5 Å². The molecular weight excluding hydrogens is 326 g/mol. The van der Waals surface area contributed by atoms with Crippen molar-refractivity contribution in [1.29, 1.82) is 0 Å². The molecule has 0 spiro atoms. The molecule has 3 rings (SSSR count). The molecule has 0 fully saturated rings. The normalized spacial score (nSPS) is 14.6. The number of nitrogens with zero attached hydrogens (tertiary/aromatic N) is 2. The van der Waals surface area contributed by atoms with E-state index in [0.29, 0.717) is 22.0 Å². The third-order valence-electron chi connectivity index (χ3n) is 3.46. The monoisotopic (exact) mass is 336 g/mol. The summed E-state index contributed by atoms with van der Waals surface area (Å²) in [5, 5.41) is 0.377. The Bertz CT molecular complexity index is 805. The molecule has 22 heavy (non-hydrogen) atoms. The van der Waals surface area contributed by atoms with E-state index in [1.54, 1.807) is 35.3 Å². The first-order chi connectivity index (χ1) is 10.5. The number of aromatic nitrogens is 1. The van der Waals surface area contributed by atoms with Gasteiger partial charge in [0.15, 0.2) is 11.0 Å². The van der Waals surface area contributed by atoms with Gasteiger partial charge in [-0.05, 0) is 35.9 Å². The number of anilines is 1. The molecule has 0 saturated carbocycles. The zero-order valence-corrected chi connectivity index (χ0v) is 13.1. The number of halogens is 3. The summed E-state index contributed by atoms with van der Waals surface area (Å²) in [7, 11) is 0. The number of carbonyl (C=O) groups is 1. The van der Waals surface area contributed by atoms with E-state index in [1.807, 2.05) is 0 Å². The fourth-order valence-corrected chi connectivity index (χ4v) is 2.72. The van der Waals surface area contributed by atoms with Crippen molar-refractivity contribution in [3.05, 3.63) is 57.1 Å². The third-order valence-corrected chi connectivity index (χ3v) is 3.96. The number of rotatable bonds is 0. The van der Waals surface area contributed by atoms with Gasteiger partial charge in [0.05, 0.1) is 17.9 Å². The molecule has 3 nitrogen and oxygen atoms in total. The quantitative estimate of drug-likeness (QED) is 0.660. The summed E-state index contributed by atoms with van der Waals surface area (Å²) < 4.78 is 13.7. The van der Waals surface area contributed by atoms with Crippen LogP contribution in [-0.2, 0) is 11.3 Å². The summed E-state index contributed by atoms with van der Waals surface area (Å²) in [6.45, 7) is 1.67. The van der Waals surface area contributed by atoms with E-state index in [4.69, 9.17) is 23.2 Å². The maximum Gasteiger partial charge on any atom is 0.224 e. The summed E-state index contributed by atoms with van der Waals surface area (Å²) in [5.74, 6) is -0.755. The van der Waals surface area contributed by atoms with Gasteiger partial charge in [-0.1, -0.05) is 29.3 Å². The largest absolute Gasteiger partial charge is 0.308 e. The van der Waals surface area contributed by atoms with Crippen LogP contribution >= 0.6 is 23.2 Å². The fraction of sp³-hybridized carbons (Fsp3) is 0.125. The van der Waals surface area contributed by atoms with E-state index in [1.165, 1.54) is 13.0 Å². The number of hydrogen-bond donors (Lipinski definition) is 0. The number of hydrogen-bond acceptors (Lipinski definition) is 2. The minimum absolute atomic E-state index is 0.153. The van der Waals surface area contributed by atoms with Crippen LogP contribution in [0.3, 0.4) is 0 Å². The van der Waals surface area contributed by atoms with E-state index in [0.717, 1.165) is 5.56 Å². The second kappa shape index (κ2) is 5.71. The summed E-state index contributed by atoms with van der Waals surface area (Å²) in [5.41, 5.74) is 2.63. The molecular formula is C16H11Cl2FN2O. The van der Waals surface area contributed by atoms with Crippen LogP contribution in [-0.4, -0.2) is 10.9 Å². The van der Waals surface area contributed by atoms with Crippen LogP contribution in [0, 0.1) is 5.82 Å². The maximum atomic E-state index is 13.7. The van der Waals surface area contributed by atoms with Gasteiger partial charge in [0.1, 0.15) is 0 Å². The van der Waals surface area contributed by atoms with E-state index in [2.05, 4.69) is 4.98 Å². The minimum Gasteiger partial charge on any atom is -0.308 e. The molecule has 1 aromatic carbocycles. The smallest absolute Gasteiger partial charge is 0.224 e. The Morgan fingerprint density at radius 2 is 2.05 bits per heavy atom. The summed E-state index contributed by atoms with van der Waals surface area (Å²) in [4.78, 5) is 17.6. The Morgan fingerprint density at radius 1 is 1.27 bits per heavy atom. The van der Waals surface area contributed by atoms with Gasteiger partial charge in [0.2, 0.25) is 5.91 Å². The van der Waals surface area contributed by atoms with Crippen molar-refractivity contribution in [3.8, 4) is 0 Å². The van der Waals surface area contributed by atoms with Gasteiger partial charge in [-0.25, -0.2) is 9.37 Å². The lowest BCUT2D eigenvalue weighted by Gasteiger charge is -2.25. The van der Waals surface area contributed by atoms with Crippen LogP contribution in [0.5, 0.6) is 0 Å². The average molecular weight is 337 g/mol. The van der Waals surface area contributed by atoms with E-state index in [-0.39, 0.29) is 17.6 Å². The Morgan fingerprint density at radius 3 is 2.77 bits per heavy atom. The molecule has 6 heteroatoms. The Hall–Kier alpha value is -1.91. The topological polar surface area (TPSA) is 33.2 Å². The second-order valence-electron chi connectivity index (χ2n) is 4.95. The first kappa shape index (κ1) is 15.0. The number of amides is 1. The van der Waals surface area contributed by atoms with Gasteiger partial charge in [-0.3, -0.25) is 4.79 Å². The molecule has 0 radical (unpaired) electrons. The third kappa shape index (κ3) is 2.72. The van der Waals surface area contributed by atoms with Crippen molar-refractivity contribution < 1.29 is 9.18 Å². The molecule has 0 bridgehead atoms. The van der Waals surface area contributed by atoms with E-state index < -0.39 is 5.82 Å². The highest BCUT2D eigenvalue weighted by molar-refractivity contribution is 6.31. The summed E-state index contributed by atoms with van der Waals surface area (Å²) in [6.07, 6.45) is 3.53. The highest BCUT2D eigenvalue weighted by atomic mass is 35.5. The van der Waals surface area contributed by atoms with Crippen LogP contribution in [0.1, 0.15) is 23.7 Å². The van der Waals surface area contributed by atoms with E-state index in [9.17, 15) is 9.18 Å². The molecule has 1 aliphatic rings. The summed E-state index contributed by atoms with van der Waals surface area (Å²) in [6, 6.07) is 6.56. The zero-order chi connectivity index (χ0) is 15.9. The predicted molar refractivity (Wildman–Crippen MR) is 86.4 cm³/mol. The van der Waals surface area contributed by atoms with Gasteiger partial charge >= 0.3 is 0 Å². The molecule has 0 aliphatic carbocycles. The predicted octanol–water partition coefficient (Wildman–Crippen LogP) is 4.56. The lowest BCUT2D eigenvalue weighted by atomic mass is 10.0. The molecule has 1 amide bonds. The lowest BCUT2D eigenvalue weighted by Crippen LogP contribution is -2.29. The van der Waals surface area contributed by atoms with Crippen LogP contribution in [0.25, 0.3) is 12.2 Å². The number of carbonyl (C=O) groups excluding carboxylic acids is 1.